The summed E-state index contributed by atoms with van der Waals surface area (Å²) in [5.41, 5.74) is -0.889. The molecule has 0 spiro atoms. The molecule has 0 saturated heterocycles. The maximum Gasteiger partial charge on any atom is 0.263 e. The molecule has 38 heavy (non-hydrogen) atoms. The van der Waals surface area contributed by atoms with Crippen LogP contribution in [0.4, 0.5) is 0 Å². The van der Waals surface area contributed by atoms with Crippen LogP contribution >= 0.6 is 33.9 Å². The van der Waals surface area contributed by atoms with E-state index in [9.17, 15) is 24.3 Å². The molecule has 2 unspecified atom stereocenters. The van der Waals surface area contributed by atoms with Gasteiger partial charge in [0, 0.05) is 18.6 Å². The van der Waals surface area contributed by atoms with Crippen LogP contribution < -0.4 is 16.0 Å². The number of nitrogens with zero attached hydrogens (tertiary/aromatic N) is 1. The zero-order chi connectivity index (χ0) is 28.3. The highest BCUT2D eigenvalue weighted by Crippen LogP contribution is 2.15. The lowest BCUT2D eigenvalue weighted by Crippen LogP contribution is -2.60. The molecule has 1 aromatic heterocycles. The Bertz CT molecular complexity index is 1100. The van der Waals surface area contributed by atoms with E-state index in [2.05, 4.69) is 20.9 Å². The number of carbonyl (C=O) groups excluding carboxylic acids is 4. The smallest absolute Gasteiger partial charge is 0.263 e. The normalized spacial score (nSPS) is 15.0. The van der Waals surface area contributed by atoms with Crippen LogP contribution in [0.5, 0.6) is 0 Å². The number of hydrogen-bond acceptors (Lipinski definition) is 9. The maximum absolute atomic E-state index is 13.2. The van der Waals surface area contributed by atoms with Gasteiger partial charge in [-0.25, -0.2) is 4.98 Å². The van der Waals surface area contributed by atoms with E-state index in [0.29, 0.717) is 9.88 Å². The number of amides is 3. The number of halogens is 1. The number of hydrogen-bond donors (Lipinski definition) is 4. The first kappa shape index (κ1) is 31.8. The van der Waals surface area contributed by atoms with E-state index in [4.69, 9.17) is 9.47 Å². The van der Waals surface area contributed by atoms with Crippen molar-refractivity contribution < 1.29 is 33.8 Å². The molecule has 3 amide bonds. The molecule has 0 radical (unpaired) electrons. The second kappa shape index (κ2) is 15.2. The van der Waals surface area contributed by atoms with Crippen LogP contribution in [0.3, 0.4) is 0 Å². The highest BCUT2D eigenvalue weighted by Gasteiger charge is 2.37. The predicted molar refractivity (Wildman–Crippen MR) is 150 cm³/mol. The Morgan fingerprint density at radius 2 is 1.55 bits per heavy atom. The van der Waals surface area contributed by atoms with Gasteiger partial charge in [0.1, 0.15) is 22.6 Å². The summed E-state index contributed by atoms with van der Waals surface area (Å²) < 4.78 is 10.3. The number of aromatic nitrogens is 1. The second-order valence-corrected chi connectivity index (χ2v) is 10.8. The van der Waals surface area contributed by atoms with E-state index in [1.807, 2.05) is 40.8 Å². The van der Waals surface area contributed by atoms with E-state index in [1.54, 1.807) is 19.1 Å². The summed E-state index contributed by atoms with van der Waals surface area (Å²) >= 11 is 3.08. The van der Waals surface area contributed by atoms with E-state index < -0.39 is 47.2 Å². The first-order valence-corrected chi connectivity index (χ1v) is 14.0. The zero-order valence-electron chi connectivity index (χ0n) is 21.7. The highest BCUT2D eigenvalue weighted by atomic mass is 127. The van der Waals surface area contributed by atoms with E-state index in [1.165, 1.54) is 38.7 Å². The summed E-state index contributed by atoms with van der Waals surface area (Å²) in [7, 11) is 2.74. The molecule has 2 aromatic rings. The van der Waals surface area contributed by atoms with Crippen LogP contribution in [0.25, 0.3) is 0 Å². The molecule has 13 heteroatoms. The predicted octanol–water partition coefficient (Wildman–Crippen LogP) is 0.810. The van der Waals surface area contributed by atoms with Crippen LogP contribution in [-0.2, 0) is 30.3 Å². The van der Waals surface area contributed by atoms with Gasteiger partial charge in [0.15, 0.2) is 5.78 Å². The van der Waals surface area contributed by atoms with Gasteiger partial charge in [-0.15, -0.1) is 11.3 Å². The summed E-state index contributed by atoms with van der Waals surface area (Å²) in [6, 6.07) is 5.70. The number of nitrogens with one attached hydrogen (secondary N) is 3. The Hall–Kier alpha value is -2.46. The van der Waals surface area contributed by atoms with Crippen molar-refractivity contribution in [3.8, 4) is 0 Å². The largest absolute Gasteiger partial charge is 0.382 e. The third kappa shape index (κ3) is 9.38. The van der Waals surface area contributed by atoms with Gasteiger partial charge in [-0.3, -0.25) is 19.2 Å². The number of benzene rings is 1. The zero-order valence-corrected chi connectivity index (χ0v) is 24.6. The van der Waals surface area contributed by atoms with Crippen LogP contribution in [0.2, 0.25) is 0 Å². The Morgan fingerprint density at radius 3 is 2.05 bits per heavy atom. The van der Waals surface area contributed by atoms with Gasteiger partial charge < -0.3 is 30.5 Å². The molecule has 0 aliphatic carbocycles. The topological polar surface area (TPSA) is 156 Å². The number of thiazole rings is 1. The van der Waals surface area contributed by atoms with Gasteiger partial charge in [-0.05, 0) is 25.8 Å². The summed E-state index contributed by atoms with van der Waals surface area (Å²) in [6.07, 6.45) is 1.55. The molecule has 0 aliphatic heterocycles. The summed E-state index contributed by atoms with van der Waals surface area (Å²) in [5.74, 6) is -2.42. The van der Waals surface area contributed by atoms with Crippen molar-refractivity contribution >= 4 is 57.4 Å². The molecule has 0 saturated carbocycles. The first-order chi connectivity index (χ1) is 18.0. The minimum Gasteiger partial charge on any atom is -0.382 e. The number of alkyl halides is 1. The lowest BCUT2D eigenvalue weighted by atomic mass is 9.92. The number of Topliss-reactive ketones (excluding diaryl/α,β-unsaturated/α-hetero) is 1. The van der Waals surface area contributed by atoms with Gasteiger partial charge in [0.25, 0.3) is 5.91 Å². The van der Waals surface area contributed by atoms with Crippen molar-refractivity contribution in [2.75, 3.05) is 31.9 Å². The Balaban J connectivity index is 2.18. The van der Waals surface area contributed by atoms with Crippen molar-refractivity contribution in [2.45, 2.75) is 44.0 Å². The fourth-order valence-electron chi connectivity index (χ4n) is 3.44. The lowest BCUT2D eigenvalue weighted by molar-refractivity contribution is -0.139. The molecule has 1 aromatic carbocycles. The van der Waals surface area contributed by atoms with E-state index >= 15 is 0 Å². The Kier molecular flexibility index (Phi) is 12.7. The van der Waals surface area contributed by atoms with Crippen molar-refractivity contribution in [1.29, 1.82) is 0 Å². The molecule has 2 rings (SSSR count). The number of rotatable bonds is 15. The van der Waals surface area contributed by atoms with Gasteiger partial charge in [0.2, 0.25) is 11.8 Å². The SMILES string of the molecule is COC[C@H](NC(=O)c1cnc(C)s1)C(=O)N[C@@H](COC)C(=O)NC(Cc1ccccc1)C(=O)C(C)(O)CI. The first-order valence-electron chi connectivity index (χ1n) is 11.7. The quantitative estimate of drug-likeness (QED) is 0.162. The van der Waals surface area contributed by atoms with Crippen molar-refractivity contribution in [2.24, 2.45) is 0 Å². The molecular formula is C25H33IN4O7S. The maximum atomic E-state index is 13.2. The second-order valence-electron chi connectivity index (χ2n) is 8.76. The van der Waals surface area contributed by atoms with Crippen LogP contribution in [0, 0.1) is 6.92 Å². The van der Waals surface area contributed by atoms with E-state index in [-0.39, 0.29) is 24.1 Å². The minimum atomic E-state index is -1.67. The van der Waals surface area contributed by atoms with Crippen LogP contribution in [-0.4, -0.2) is 89.2 Å². The fraction of sp³-hybridized carbons (Fsp3) is 0.480. The fourth-order valence-corrected chi connectivity index (χ4v) is 4.50. The Labute approximate surface area is 239 Å². The average molecular weight is 661 g/mol. The van der Waals surface area contributed by atoms with Crippen molar-refractivity contribution in [3.63, 3.8) is 0 Å². The van der Waals surface area contributed by atoms with Crippen molar-refractivity contribution in [3.05, 3.63) is 52.0 Å². The number of aryl methyl sites for hydroxylation is 1. The lowest BCUT2D eigenvalue weighted by Gasteiger charge is -2.28. The molecule has 0 aliphatic rings. The number of ether oxygens (including phenoxy) is 2. The van der Waals surface area contributed by atoms with Crippen molar-refractivity contribution in [1.82, 2.24) is 20.9 Å². The summed E-state index contributed by atoms with van der Waals surface area (Å²) in [4.78, 5) is 56.4. The Morgan fingerprint density at radius 1 is 1.00 bits per heavy atom. The molecule has 0 bridgehead atoms. The summed E-state index contributed by atoms with van der Waals surface area (Å²) in [5, 5.41) is 19.1. The molecule has 1 heterocycles. The van der Waals surface area contributed by atoms with E-state index in [0.717, 1.165) is 5.56 Å². The van der Waals surface area contributed by atoms with Crippen LogP contribution in [0.1, 0.15) is 27.2 Å². The van der Waals surface area contributed by atoms with Crippen LogP contribution in [0.15, 0.2) is 36.5 Å². The monoisotopic (exact) mass is 660 g/mol. The molecule has 208 valence electrons. The molecule has 4 atom stereocenters. The third-order valence-electron chi connectivity index (χ3n) is 5.47. The van der Waals surface area contributed by atoms with Gasteiger partial charge in [-0.2, -0.15) is 0 Å². The van der Waals surface area contributed by atoms with Gasteiger partial charge in [0.05, 0.1) is 30.5 Å². The van der Waals surface area contributed by atoms with Gasteiger partial charge in [-0.1, -0.05) is 52.9 Å². The minimum absolute atomic E-state index is 0.126. The number of aliphatic hydroxyl groups is 1. The van der Waals surface area contributed by atoms with Gasteiger partial charge >= 0.3 is 0 Å². The summed E-state index contributed by atoms with van der Waals surface area (Å²) in [6.45, 7) is 2.80. The molecule has 11 nitrogen and oxygen atoms in total. The number of methoxy groups -OCH3 is 2. The third-order valence-corrected chi connectivity index (χ3v) is 7.87. The molecule has 4 N–H and O–H groups in total. The molecule has 0 fully saturated rings. The number of carbonyl (C=O) groups is 4. The number of ketones is 1. The standard InChI is InChI=1S/C25H33IN4O7S/c1-15-27-11-20(38-15)24(34)30-19(13-37-4)23(33)29-18(12-36-3)22(32)28-17(21(31)25(2,35)14-26)10-16-8-6-5-7-9-16/h5-9,11,17-19,35H,10,12-14H2,1-4H3,(H,28,32)(H,29,33)(H,30,34)/t17?,18-,19-,25?/m0/s1. The molecular weight excluding hydrogens is 627 g/mol. The highest BCUT2D eigenvalue weighted by molar-refractivity contribution is 14.1. The average Bonchev–Trinajstić information content (AvgIpc) is 3.34.